The molecule has 2 unspecified atom stereocenters. The fourth-order valence-corrected chi connectivity index (χ4v) is 2.88. The number of nitrogens with zero attached hydrogens (tertiary/aromatic N) is 1. The highest BCUT2D eigenvalue weighted by Crippen LogP contribution is 2.23. The fourth-order valence-electron chi connectivity index (χ4n) is 2.35. The van der Waals surface area contributed by atoms with E-state index < -0.39 is 0 Å². The predicted octanol–water partition coefficient (Wildman–Crippen LogP) is 2.95. The van der Waals surface area contributed by atoms with E-state index in [1.807, 2.05) is 11.8 Å². The quantitative estimate of drug-likeness (QED) is 0.863. The zero-order valence-corrected chi connectivity index (χ0v) is 11.7. The van der Waals surface area contributed by atoms with E-state index in [2.05, 4.69) is 0 Å². The highest BCUT2D eigenvalue weighted by atomic mass is 35.5. The summed E-state index contributed by atoms with van der Waals surface area (Å²) in [6, 6.07) is 5.26. The van der Waals surface area contributed by atoms with Crippen LogP contribution in [0.2, 0.25) is 10.0 Å². The minimum Gasteiger partial charge on any atom is -0.336 e. The van der Waals surface area contributed by atoms with Crippen LogP contribution >= 0.6 is 23.2 Å². The van der Waals surface area contributed by atoms with Gasteiger partial charge in [-0.15, -0.1) is 0 Å². The summed E-state index contributed by atoms with van der Waals surface area (Å²) in [6.45, 7) is 2.70. The van der Waals surface area contributed by atoms with Crippen LogP contribution in [0, 0.1) is 0 Å². The molecule has 2 rings (SSSR count). The lowest BCUT2D eigenvalue weighted by atomic mass is 9.98. The third-order valence-electron chi connectivity index (χ3n) is 3.29. The summed E-state index contributed by atoms with van der Waals surface area (Å²) < 4.78 is 0. The molecule has 1 aromatic carbocycles. The molecule has 1 amide bonds. The van der Waals surface area contributed by atoms with Crippen molar-refractivity contribution >= 4 is 29.1 Å². The number of nitrogens with two attached hydrogens (primary N) is 1. The van der Waals surface area contributed by atoms with E-state index in [4.69, 9.17) is 28.9 Å². The van der Waals surface area contributed by atoms with Crippen LogP contribution in [0.15, 0.2) is 18.2 Å². The molecule has 0 aliphatic carbocycles. The zero-order valence-electron chi connectivity index (χ0n) is 10.2. The van der Waals surface area contributed by atoms with Crippen LogP contribution in [-0.2, 0) is 0 Å². The van der Waals surface area contributed by atoms with Gasteiger partial charge in [0.1, 0.15) is 0 Å². The Kier molecular flexibility index (Phi) is 4.15. The normalized spacial score (nSPS) is 24.1. The van der Waals surface area contributed by atoms with Crippen molar-refractivity contribution in [3.05, 3.63) is 33.8 Å². The van der Waals surface area contributed by atoms with Crippen LogP contribution in [0.5, 0.6) is 0 Å². The summed E-state index contributed by atoms with van der Waals surface area (Å²) in [5.74, 6) is -0.0289. The Balaban J connectivity index is 2.20. The Bertz CT molecular complexity index is 444. The van der Waals surface area contributed by atoms with Crippen LogP contribution in [0.25, 0.3) is 0 Å². The molecule has 2 atom stereocenters. The first kappa shape index (κ1) is 13.7. The molecule has 1 aromatic rings. The Morgan fingerprint density at radius 3 is 2.50 bits per heavy atom. The molecule has 1 aliphatic rings. The van der Waals surface area contributed by atoms with Gasteiger partial charge in [0, 0.05) is 34.2 Å². The van der Waals surface area contributed by atoms with Crippen LogP contribution in [0.3, 0.4) is 0 Å². The molecule has 0 spiro atoms. The molecule has 0 aromatic heterocycles. The number of hydrogen-bond acceptors (Lipinski definition) is 2. The van der Waals surface area contributed by atoms with Crippen molar-refractivity contribution < 1.29 is 4.79 Å². The minimum atomic E-state index is -0.0289. The average molecular weight is 287 g/mol. The van der Waals surface area contributed by atoms with Gasteiger partial charge in [0.2, 0.25) is 0 Å². The van der Waals surface area contributed by atoms with Crippen molar-refractivity contribution in [1.29, 1.82) is 0 Å². The highest BCUT2D eigenvalue weighted by molar-refractivity contribution is 6.35. The maximum Gasteiger partial charge on any atom is 0.254 e. The molecule has 1 fully saturated rings. The van der Waals surface area contributed by atoms with Crippen molar-refractivity contribution in [3.8, 4) is 0 Å². The van der Waals surface area contributed by atoms with Gasteiger partial charge in [-0.25, -0.2) is 0 Å². The topological polar surface area (TPSA) is 46.3 Å². The van der Waals surface area contributed by atoms with Gasteiger partial charge in [0.05, 0.1) is 0 Å². The largest absolute Gasteiger partial charge is 0.336 e. The first-order valence-corrected chi connectivity index (χ1v) is 6.75. The first-order valence-electron chi connectivity index (χ1n) is 6.00. The van der Waals surface area contributed by atoms with E-state index >= 15 is 0 Å². The molecule has 0 saturated carbocycles. The number of carbonyl (C=O) groups is 1. The van der Waals surface area contributed by atoms with Gasteiger partial charge in [-0.3, -0.25) is 4.79 Å². The summed E-state index contributed by atoms with van der Waals surface area (Å²) in [5.41, 5.74) is 6.43. The molecule has 98 valence electrons. The molecule has 1 saturated heterocycles. The van der Waals surface area contributed by atoms with E-state index in [9.17, 15) is 4.79 Å². The van der Waals surface area contributed by atoms with Crippen LogP contribution in [0.4, 0.5) is 0 Å². The number of hydrogen-bond donors (Lipinski definition) is 1. The summed E-state index contributed by atoms with van der Waals surface area (Å²) >= 11 is 11.8. The number of amides is 1. The van der Waals surface area contributed by atoms with Crippen molar-refractivity contribution in [2.75, 3.05) is 6.54 Å². The fraction of sp³-hybridized carbons (Fsp3) is 0.462. The van der Waals surface area contributed by atoms with Gasteiger partial charge in [-0.2, -0.15) is 0 Å². The van der Waals surface area contributed by atoms with Gasteiger partial charge >= 0.3 is 0 Å². The smallest absolute Gasteiger partial charge is 0.254 e. The second-order valence-electron chi connectivity index (χ2n) is 4.79. The molecular formula is C13H16Cl2N2O. The highest BCUT2D eigenvalue weighted by Gasteiger charge is 2.27. The standard InChI is InChI=1S/C13H16Cl2N2O/c1-8-4-12(16)2-3-17(8)13(18)9-5-10(14)7-11(15)6-9/h5-8,12H,2-4,16H2,1H3. The maximum absolute atomic E-state index is 12.4. The first-order chi connectivity index (χ1) is 8.47. The van der Waals surface area contributed by atoms with Crippen LogP contribution in [-0.4, -0.2) is 29.4 Å². The zero-order chi connectivity index (χ0) is 13.3. The lowest BCUT2D eigenvalue weighted by Gasteiger charge is -2.36. The number of carbonyl (C=O) groups excluding carboxylic acids is 1. The Morgan fingerprint density at radius 1 is 1.33 bits per heavy atom. The number of halogens is 2. The predicted molar refractivity (Wildman–Crippen MR) is 74.2 cm³/mol. The van der Waals surface area contributed by atoms with Crippen molar-refractivity contribution in [2.45, 2.75) is 31.8 Å². The van der Waals surface area contributed by atoms with E-state index in [1.54, 1.807) is 18.2 Å². The van der Waals surface area contributed by atoms with E-state index in [1.165, 1.54) is 0 Å². The molecule has 1 aliphatic heterocycles. The van der Waals surface area contributed by atoms with Crippen LogP contribution in [0.1, 0.15) is 30.1 Å². The molecular weight excluding hydrogens is 271 g/mol. The Morgan fingerprint density at radius 2 is 1.94 bits per heavy atom. The van der Waals surface area contributed by atoms with Gasteiger partial charge in [-0.1, -0.05) is 23.2 Å². The number of benzene rings is 1. The van der Waals surface area contributed by atoms with Gasteiger partial charge in [-0.05, 0) is 38.0 Å². The third-order valence-corrected chi connectivity index (χ3v) is 3.72. The van der Waals surface area contributed by atoms with E-state index in [-0.39, 0.29) is 18.0 Å². The summed E-state index contributed by atoms with van der Waals surface area (Å²) in [7, 11) is 0. The number of piperidine rings is 1. The lowest BCUT2D eigenvalue weighted by Crippen LogP contribution is -2.48. The third kappa shape index (κ3) is 2.97. The molecule has 1 heterocycles. The van der Waals surface area contributed by atoms with Crippen molar-refractivity contribution in [3.63, 3.8) is 0 Å². The van der Waals surface area contributed by atoms with E-state index in [0.29, 0.717) is 22.2 Å². The van der Waals surface area contributed by atoms with Gasteiger partial charge in [0.25, 0.3) is 5.91 Å². The summed E-state index contributed by atoms with van der Waals surface area (Å²) in [5, 5.41) is 0.958. The molecule has 2 N–H and O–H groups in total. The monoisotopic (exact) mass is 286 g/mol. The second-order valence-corrected chi connectivity index (χ2v) is 5.66. The Labute approximate surface area is 117 Å². The maximum atomic E-state index is 12.4. The lowest BCUT2D eigenvalue weighted by molar-refractivity contribution is 0.0619. The van der Waals surface area contributed by atoms with Crippen LogP contribution < -0.4 is 5.73 Å². The second kappa shape index (κ2) is 5.47. The number of likely N-dealkylation sites (tertiary alicyclic amines) is 1. The van der Waals surface area contributed by atoms with Gasteiger partial charge in [0.15, 0.2) is 0 Å². The van der Waals surface area contributed by atoms with Crippen molar-refractivity contribution in [1.82, 2.24) is 4.90 Å². The molecule has 18 heavy (non-hydrogen) atoms. The Hall–Kier alpha value is -0.770. The van der Waals surface area contributed by atoms with E-state index in [0.717, 1.165) is 12.8 Å². The average Bonchev–Trinajstić information content (AvgIpc) is 2.26. The minimum absolute atomic E-state index is 0.0289. The summed E-state index contributed by atoms with van der Waals surface area (Å²) in [4.78, 5) is 14.2. The van der Waals surface area contributed by atoms with Crippen molar-refractivity contribution in [2.24, 2.45) is 5.73 Å². The van der Waals surface area contributed by atoms with Gasteiger partial charge < -0.3 is 10.6 Å². The summed E-state index contributed by atoms with van der Waals surface area (Å²) in [6.07, 6.45) is 1.67. The SMILES string of the molecule is CC1CC(N)CCN1C(=O)c1cc(Cl)cc(Cl)c1. The molecule has 3 nitrogen and oxygen atoms in total. The number of rotatable bonds is 1. The molecule has 5 heteroatoms. The molecule has 0 radical (unpaired) electrons. The molecule has 0 bridgehead atoms.